The summed E-state index contributed by atoms with van der Waals surface area (Å²) in [5, 5.41) is 59.6. The minimum absolute atomic E-state index is 0.0399. The van der Waals surface area contributed by atoms with E-state index in [4.69, 9.17) is 4.74 Å². The first kappa shape index (κ1) is 32.9. The number of carbonyl (C=O) groups is 1. The van der Waals surface area contributed by atoms with Gasteiger partial charge in [-0.15, -0.1) is 0 Å². The van der Waals surface area contributed by atoms with Crippen LogP contribution in [-0.4, -0.2) is 56.1 Å². The van der Waals surface area contributed by atoms with Crippen molar-refractivity contribution in [3.8, 4) is 34.8 Å². The lowest BCUT2D eigenvalue weighted by atomic mass is 9.36. The van der Waals surface area contributed by atoms with Gasteiger partial charge in [0.2, 0.25) is 0 Å². The van der Waals surface area contributed by atoms with Gasteiger partial charge in [-0.1, -0.05) is 60.7 Å². The summed E-state index contributed by atoms with van der Waals surface area (Å²) in [7, 11) is 1.48. The SMILES string of the molecule is COc1cc([C@H]2CC(=O)C[C@]3(O)CC[C@]45CCC[C@H]6C=Cc7cc(O)c(O)cc7[C@@]64[C@H]3[C@H](C#C[C@@H]2Cc2ccccc2)CN5)c(CO)cc1O. The number of piperidine rings is 1. The quantitative estimate of drug-likeness (QED) is 0.155. The monoisotopic (exact) mass is 675 g/mol. The van der Waals surface area contributed by atoms with Crippen LogP contribution in [0.15, 0.2) is 60.7 Å². The Hall–Kier alpha value is -4.29. The van der Waals surface area contributed by atoms with Gasteiger partial charge < -0.3 is 35.6 Å². The molecule has 8 heteroatoms. The lowest BCUT2D eigenvalue weighted by Gasteiger charge is -2.71. The topological polar surface area (TPSA) is 139 Å². The molecule has 2 saturated carbocycles. The van der Waals surface area contributed by atoms with Gasteiger partial charge >= 0.3 is 0 Å². The number of benzene rings is 3. The van der Waals surface area contributed by atoms with E-state index in [1.54, 1.807) is 18.2 Å². The number of fused-ring (bicyclic) bond motifs is 1. The summed E-state index contributed by atoms with van der Waals surface area (Å²) in [4.78, 5) is 14.6. The molecule has 50 heavy (non-hydrogen) atoms. The van der Waals surface area contributed by atoms with Crippen molar-refractivity contribution in [3.63, 3.8) is 0 Å². The highest BCUT2D eigenvalue weighted by Crippen LogP contribution is 2.68. The van der Waals surface area contributed by atoms with Crippen molar-refractivity contribution in [2.24, 2.45) is 23.7 Å². The van der Waals surface area contributed by atoms with Gasteiger partial charge in [0.15, 0.2) is 23.0 Å². The number of hydrogen-bond donors (Lipinski definition) is 6. The first-order chi connectivity index (χ1) is 24.1. The number of allylic oxidation sites excluding steroid dienone is 1. The first-order valence-corrected chi connectivity index (χ1v) is 17.9. The van der Waals surface area contributed by atoms with Crippen molar-refractivity contribution >= 4 is 11.9 Å². The third-order valence-corrected chi connectivity index (χ3v) is 12.9. The van der Waals surface area contributed by atoms with Crippen LogP contribution in [0.1, 0.15) is 78.7 Å². The molecule has 5 aliphatic rings. The molecule has 0 radical (unpaired) electrons. The lowest BCUT2D eigenvalue weighted by molar-refractivity contribution is -0.186. The van der Waals surface area contributed by atoms with Crippen LogP contribution in [-0.2, 0) is 23.2 Å². The molecule has 1 saturated heterocycles. The van der Waals surface area contributed by atoms with Gasteiger partial charge in [-0.2, -0.15) is 0 Å². The lowest BCUT2D eigenvalue weighted by Crippen LogP contribution is -2.80. The number of nitrogens with one attached hydrogen (secondary N) is 1. The fourth-order valence-electron chi connectivity index (χ4n) is 11.0. The van der Waals surface area contributed by atoms with E-state index in [-0.39, 0.29) is 71.5 Å². The van der Waals surface area contributed by atoms with E-state index < -0.39 is 22.9 Å². The average molecular weight is 676 g/mol. The van der Waals surface area contributed by atoms with Crippen molar-refractivity contribution in [1.29, 1.82) is 0 Å². The largest absolute Gasteiger partial charge is 0.504 e. The van der Waals surface area contributed by atoms with Crippen LogP contribution in [0.2, 0.25) is 0 Å². The number of hydrogen-bond acceptors (Lipinski definition) is 8. The fourth-order valence-corrected chi connectivity index (χ4v) is 11.0. The van der Waals surface area contributed by atoms with Crippen molar-refractivity contribution in [2.75, 3.05) is 13.7 Å². The number of phenols is 3. The molecule has 1 aliphatic heterocycles. The summed E-state index contributed by atoms with van der Waals surface area (Å²) < 4.78 is 5.49. The molecule has 6 N–H and O–H groups in total. The molecule has 260 valence electrons. The zero-order valence-corrected chi connectivity index (χ0v) is 28.4. The third-order valence-electron chi connectivity index (χ3n) is 12.9. The van der Waals surface area contributed by atoms with E-state index >= 15 is 0 Å². The van der Waals surface area contributed by atoms with Gasteiger partial charge in [0, 0.05) is 54.0 Å². The number of ether oxygens (including phenoxy) is 1. The van der Waals surface area contributed by atoms with Gasteiger partial charge in [0.05, 0.1) is 19.3 Å². The van der Waals surface area contributed by atoms with E-state index in [2.05, 4.69) is 35.4 Å². The summed E-state index contributed by atoms with van der Waals surface area (Å²) in [6, 6.07) is 16.6. The molecule has 1 heterocycles. The van der Waals surface area contributed by atoms with Crippen molar-refractivity contribution < 1.29 is 35.1 Å². The van der Waals surface area contributed by atoms with Crippen molar-refractivity contribution in [2.45, 2.75) is 80.4 Å². The number of aliphatic hydroxyl groups excluding tert-OH is 1. The van der Waals surface area contributed by atoms with Crippen LogP contribution in [0, 0.1) is 35.5 Å². The second-order valence-electron chi connectivity index (χ2n) is 15.3. The minimum atomic E-state index is -1.36. The zero-order chi connectivity index (χ0) is 34.8. The van der Waals surface area contributed by atoms with Crippen molar-refractivity contribution in [3.05, 3.63) is 88.5 Å². The molecular weight excluding hydrogens is 630 g/mol. The number of methoxy groups -OCH3 is 1. The Kier molecular flexibility index (Phi) is 8.02. The number of phenolic OH excluding ortho intramolecular Hbond substituents is 3. The van der Waals surface area contributed by atoms with Crippen LogP contribution in [0.25, 0.3) is 6.08 Å². The standard InChI is InChI=1S/C42H45NO7/c1-50-38-20-33(29(24-44)18-37(38)48)32-19-31(45)22-40(49)14-15-41-13-5-8-30-12-11-27-17-35(46)36(47)21-34(27)42(30,41)39(40)28(23-43-41)10-9-26(32)16-25-6-3-2-4-7-25/h2-4,6-7,11-12,17-18,20-21,26,28,30,32,39,43-44,46-49H,5,8,13-16,19,22-24H2,1H3/t26-,28-,30+,32+,39+,40-,41-,42-/m1/s1. The molecule has 8 atom stereocenters. The van der Waals surface area contributed by atoms with Crippen LogP contribution in [0.3, 0.4) is 0 Å². The van der Waals surface area contributed by atoms with Gasteiger partial charge in [0.1, 0.15) is 5.78 Å². The molecule has 8 rings (SSSR count). The van der Waals surface area contributed by atoms with E-state index in [0.717, 1.165) is 36.0 Å². The maximum absolute atomic E-state index is 14.6. The molecular formula is C42H45NO7. The molecule has 1 spiro atoms. The molecule has 0 amide bonds. The van der Waals surface area contributed by atoms with Crippen LogP contribution < -0.4 is 10.1 Å². The van der Waals surface area contributed by atoms with E-state index in [0.29, 0.717) is 36.9 Å². The summed E-state index contributed by atoms with van der Waals surface area (Å²) in [5.41, 5.74) is 1.62. The van der Waals surface area contributed by atoms with E-state index in [1.807, 2.05) is 24.3 Å². The maximum atomic E-state index is 14.6. The average Bonchev–Trinajstić information content (AvgIpc) is 3.11. The number of aromatic hydroxyl groups is 3. The Morgan fingerprint density at radius 2 is 1.78 bits per heavy atom. The number of rotatable bonds is 5. The summed E-state index contributed by atoms with van der Waals surface area (Å²) in [6.07, 6.45) is 8.82. The van der Waals surface area contributed by atoms with Gasteiger partial charge in [0.25, 0.3) is 0 Å². The number of ketones is 1. The van der Waals surface area contributed by atoms with Gasteiger partial charge in [-0.05, 0) is 90.1 Å². The Bertz CT molecular complexity index is 1930. The normalized spacial score (nSPS) is 34.0. The van der Waals surface area contributed by atoms with Crippen LogP contribution in [0.5, 0.6) is 23.0 Å². The maximum Gasteiger partial charge on any atom is 0.160 e. The molecule has 2 bridgehead atoms. The predicted octanol–water partition coefficient (Wildman–Crippen LogP) is 5.48. The number of carbonyl (C=O) groups excluding carboxylic acids is 1. The molecule has 3 aromatic rings. The third kappa shape index (κ3) is 4.89. The number of aliphatic hydroxyl groups is 2. The van der Waals surface area contributed by atoms with E-state index in [1.165, 1.54) is 13.2 Å². The minimum Gasteiger partial charge on any atom is -0.504 e. The van der Waals surface area contributed by atoms with Crippen LogP contribution >= 0.6 is 0 Å². The van der Waals surface area contributed by atoms with Gasteiger partial charge in [-0.25, -0.2) is 0 Å². The zero-order valence-electron chi connectivity index (χ0n) is 28.4. The molecule has 3 fully saturated rings. The second kappa shape index (κ2) is 12.2. The van der Waals surface area contributed by atoms with Crippen LogP contribution in [0.4, 0.5) is 0 Å². The Morgan fingerprint density at radius 1 is 0.980 bits per heavy atom. The Labute approximate surface area is 292 Å². The molecule has 0 unspecified atom stereocenters. The molecule has 3 aromatic carbocycles. The number of Topliss-reactive ketones (excluding diaryl/α,β-unsaturated/α-hetero) is 1. The molecule has 8 nitrogen and oxygen atoms in total. The molecule has 4 aliphatic carbocycles. The molecule has 0 aromatic heterocycles. The second-order valence-corrected chi connectivity index (χ2v) is 15.3. The van der Waals surface area contributed by atoms with E-state index in [9.17, 15) is 30.3 Å². The van der Waals surface area contributed by atoms with Gasteiger partial charge in [-0.3, -0.25) is 4.79 Å². The highest BCUT2D eigenvalue weighted by atomic mass is 16.5. The first-order valence-electron chi connectivity index (χ1n) is 17.9. The Balaban J connectivity index is 1.34. The summed E-state index contributed by atoms with van der Waals surface area (Å²) in [5.74, 6) is 5.66. The summed E-state index contributed by atoms with van der Waals surface area (Å²) >= 11 is 0. The Morgan fingerprint density at radius 3 is 2.56 bits per heavy atom. The van der Waals surface area contributed by atoms with Crippen molar-refractivity contribution in [1.82, 2.24) is 5.32 Å². The summed E-state index contributed by atoms with van der Waals surface area (Å²) in [6.45, 7) is 0.229. The highest BCUT2D eigenvalue weighted by molar-refractivity contribution is 5.81. The highest BCUT2D eigenvalue weighted by Gasteiger charge is 2.72. The fraction of sp³-hybridized carbons (Fsp3) is 0.452. The smallest absolute Gasteiger partial charge is 0.160 e. The predicted molar refractivity (Wildman–Crippen MR) is 189 cm³/mol.